The SMILES string of the molecule is CC(ON=[N+]([O-])N1CC(C(=O)O)C1)OC(=O)c1ccccc1. The molecule has 1 aromatic carbocycles. The molecule has 1 unspecified atom stereocenters. The van der Waals surface area contributed by atoms with E-state index < -0.39 is 24.1 Å². The van der Waals surface area contributed by atoms with Crippen molar-refractivity contribution < 1.29 is 29.2 Å². The molecule has 0 amide bonds. The number of hydrogen-bond donors (Lipinski definition) is 1. The van der Waals surface area contributed by atoms with Crippen molar-refractivity contribution in [1.29, 1.82) is 0 Å². The van der Waals surface area contributed by atoms with Gasteiger partial charge in [0.2, 0.25) is 5.28 Å². The number of carbonyl (C=O) groups excluding carboxylic acids is 1. The van der Waals surface area contributed by atoms with Gasteiger partial charge in [0.15, 0.2) is 0 Å². The van der Waals surface area contributed by atoms with Crippen LogP contribution in [0.2, 0.25) is 0 Å². The van der Waals surface area contributed by atoms with Crippen LogP contribution in [-0.4, -0.2) is 46.4 Å². The topological polar surface area (TPSA) is 114 Å². The Kier molecular flexibility index (Phi) is 4.77. The second-order valence-electron chi connectivity index (χ2n) is 4.69. The molecule has 0 spiro atoms. The van der Waals surface area contributed by atoms with Gasteiger partial charge in [-0.3, -0.25) is 9.63 Å². The van der Waals surface area contributed by atoms with Gasteiger partial charge in [0.1, 0.15) is 5.92 Å². The number of carboxylic acids is 1. The molecule has 1 aliphatic rings. The van der Waals surface area contributed by atoms with E-state index in [0.717, 1.165) is 5.01 Å². The van der Waals surface area contributed by atoms with E-state index in [1.54, 1.807) is 30.3 Å². The minimum absolute atomic E-state index is 0.0594. The third-order valence-electron chi connectivity index (χ3n) is 3.00. The summed E-state index contributed by atoms with van der Waals surface area (Å²) in [7, 11) is 0. The number of rotatable bonds is 6. The molecule has 0 radical (unpaired) electrons. The molecule has 1 heterocycles. The first-order valence-corrected chi connectivity index (χ1v) is 6.55. The molecule has 118 valence electrons. The van der Waals surface area contributed by atoms with Crippen LogP contribution < -0.4 is 0 Å². The zero-order valence-electron chi connectivity index (χ0n) is 11.8. The summed E-state index contributed by atoms with van der Waals surface area (Å²) in [5.41, 5.74) is 0.351. The van der Waals surface area contributed by atoms with Gasteiger partial charge in [-0.15, -0.1) is 5.01 Å². The van der Waals surface area contributed by atoms with E-state index in [4.69, 9.17) is 14.7 Å². The number of nitrogens with zero attached hydrogens (tertiary/aromatic N) is 3. The first-order valence-electron chi connectivity index (χ1n) is 6.55. The number of benzene rings is 1. The lowest BCUT2D eigenvalue weighted by molar-refractivity contribution is -0.727. The minimum Gasteiger partial charge on any atom is -0.569 e. The lowest BCUT2D eigenvalue weighted by Gasteiger charge is -2.31. The van der Waals surface area contributed by atoms with E-state index in [1.807, 2.05) is 0 Å². The zero-order valence-corrected chi connectivity index (χ0v) is 11.8. The van der Waals surface area contributed by atoms with Crippen molar-refractivity contribution in [3.05, 3.63) is 41.1 Å². The quantitative estimate of drug-likeness (QED) is 0.274. The van der Waals surface area contributed by atoms with Crippen molar-refractivity contribution in [2.24, 2.45) is 11.2 Å². The van der Waals surface area contributed by atoms with Crippen molar-refractivity contribution in [2.75, 3.05) is 13.1 Å². The summed E-state index contributed by atoms with van der Waals surface area (Å²) in [5.74, 6) is -2.15. The summed E-state index contributed by atoms with van der Waals surface area (Å²) < 4.78 is 4.94. The normalized spacial score (nSPS) is 16.6. The highest BCUT2D eigenvalue weighted by Crippen LogP contribution is 2.15. The molecule has 0 bridgehead atoms. The molecule has 0 aliphatic carbocycles. The Morgan fingerprint density at radius 2 is 2.05 bits per heavy atom. The zero-order chi connectivity index (χ0) is 16.1. The highest BCUT2D eigenvalue weighted by molar-refractivity contribution is 5.89. The smallest absolute Gasteiger partial charge is 0.341 e. The van der Waals surface area contributed by atoms with Crippen molar-refractivity contribution in [2.45, 2.75) is 13.2 Å². The molecule has 9 heteroatoms. The average molecular weight is 309 g/mol. The summed E-state index contributed by atoms with van der Waals surface area (Å²) in [6, 6.07) is 8.30. The van der Waals surface area contributed by atoms with E-state index in [-0.39, 0.29) is 18.1 Å². The van der Waals surface area contributed by atoms with Gasteiger partial charge in [0.25, 0.3) is 6.29 Å². The molecule has 1 N–H and O–H groups in total. The molecule has 0 aromatic heterocycles. The fraction of sp³-hybridized carbons (Fsp3) is 0.385. The van der Waals surface area contributed by atoms with E-state index >= 15 is 0 Å². The predicted octanol–water partition coefficient (Wildman–Crippen LogP) is 1.01. The van der Waals surface area contributed by atoms with Gasteiger partial charge < -0.3 is 15.1 Å². The standard InChI is InChI=1S/C13H15N3O6/c1-9(21-13(19)10-5-3-2-4-6-10)22-14-16(20)15-7-11(8-15)12(17)18/h2-6,9,11H,7-8H2,1H3,(H,17,18). The van der Waals surface area contributed by atoms with E-state index in [1.165, 1.54) is 6.92 Å². The number of ether oxygens (including phenoxy) is 1. The molecule has 1 atom stereocenters. The second kappa shape index (κ2) is 6.74. The van der Waals surface area contributed by atoms with Crippen molar-refractivity contribution in [1.82, 2.24) is 5.01 Å². The monoisotopic (exact) mass is 309 g/mol. The molecule has 1 aromatic rings. The third kappa shape index (κ3) is 3.84. The molecule has 1 aliphatic heterocycles. The Hall–Kier alpha value is -2.84. The average Bonchev–Trinajstić information content (AvgIpc) is 2.44. The lowest BCUT2D eigenvalue weighted by Crippen LogP contribution is -2.53. The highest BCUT2D eigenvalue weighted by Gasteiger charge is 2.38. The Morgan fingerprint density at radius 3 is 2.64 bits per heavy atom. The maximum absolute atomic E-state index is 11.7. The lowest BCUT2D eigenvalue weighted by atomic mass is 10.0. The van der Waals surface area contributed by atoms with Crippen molar-refractivity contribution in [3.63, 3.8) is 0 Å². The minimum atomic E-state index is -1.05. The van der Waals surface area contributed by atoms with Crippen LogP contribution in [0, 0.1) is 11.1 Å². The fourth-order valence-electron chi connectivity index (χ4n) is 1.72. The maximum Gasteiger partial charge on any atom is 0.341 e. The molecule has 2 rings (SSSR count). The number of hydrazine groups is 1. The van der Waals surface area contributed by atoms with Crippen LogP contribution >= 0.6 is 0 Å². The molecule has 22 heavy (non-hydrogen) atoms. The fourth-order valence-corrected chi connectivity index (χ4v) is 1.72. The van der Waals surface area contributed by atoms with Crippen LogP contribution in [0.15, 0.2) is 35.6 Å². The van der Waals surface area contributed by atoms with Gasteiger partial charge in [-0.2, -0.15) is 0 Å². The number of carboxylic acid groups (broad SMARTS) is 1. The van der Waals surface area contributed by atoms with Gasteiger partial charge in [0, 0.05) is 6.92 Å². The van der Waals surface area contributed by atoms with Crippen molar-refractivity contribution >= 4 is 11.9 Å². The first kappa shape index (κ1) is 15.5. The number of esters is 1. The Morgan fingerprint density at radius 1 is 1.41 bits per heavy atom. The molecule has 1 saturated heterocycles. The number of hydrogen-bond acceptors (Lipinski definition) is 6. The molecule has 1 fully saturated rings. The Labute approximate surface area is 125 Å². The summed E-state index contributed by atoms with van der Waals surface area (Å²) in [4.78, 5) is 27.2. The van der Waals surface area contributed by atoms with E-state index in [0.29, 0.717) is 5.56 Å². The van der Waals surface area contributed by atoms with Crippen LogP contribution in [0.5, 0.6) is 0 Å². The highest BCUT2D eigenvalue weighted by atomic mass is 16.8. The summed E-state index contributed by atoms with van der Waals surface area (Å²) >= 11 is 0. The van der Waals surface area contributed by atoms with Crippen molar-refractivity contribution in [3.8, 4) is 0 Å². The van der Waals surface area contributed by atoms with Crippen LogP contribution in [-0.2, 0) is 14.4 Å². The summed E-state index contributed by atoms with van der Waals surface area (Å²) in [6.45, 7) is 1.53. The van der Waals surface area contributed by atoms with Gasteiger partial charge >= 0.3 is 11.9 Å². The Balaban J connectivity index is 1.78. The number of carbonyl (C=O) groups is 2. The molecular weight excluding hydrogens is 294 g/mol. The second-order valence-corrected chi connectivity index (χ2v) is 4.69. The van der Waals surface area contributed by atoms with E-state index in [2.05, 4.69) is 5.28 Å². The van der Waals surface area contributed by atoms with Gasteiger partial charge in [0.05, 0.1) is 23.6 Å². The molecular formula is C13H15N3O6. The third-order valence-corrected chi connectivity index (χ3v) is 3.00. The van der Waals surface area contributed by atoms with E-state index in [9.17, 15) is 14.8 Å². The van der Waals surface area contributed by atoms with Gasteiger partial charge in [-0.25, -0.2) is 4.79 Å². The predicted molar refractivity (Wildman–Crippen MR) is 71.2 cm³/mol. The first-order chi connectivity index (χ1) is 10.5. The van der Waals surface area contributed by atoms with Crippen LogP contribution in [0.3, 0.4) is 0 Å². The largest absolute Gasteiger partial charge is 0.569 e. The van der Waals surface area contributed by atoms with Crippen LogP contribution in [0.4, 0.5) is 0 Å². The van der Waals surface area contributed by atoms with Gasteiger partial charge in [-0.05, 0) is 12.1 Å². The van der Waals surface area contributed by atoms with Crippen LogP contribution in [0.1, 0.15) is 17.3 Å². The number of aliphatic carboxylic acids is 1. The van der Waals surface area contributed by atoms with Crippen LogP contribution in [0.25, 0.3) is 0 Å². The Bertz CT molecular complexity index is 570. The molecule has 9 nitrogen and oxygen atoms in total. The maximum atomic E-state index is 11.7. The van der Waals surface area contributed by atoms with Gasteiger partial charge in [-0.1, -0.05) is 18.2 Å². The molecule has 0 saturated carbocycles. The summed E-state index contributed by atoms with van der Waals surface area (Å²) in [5, 5.41) is 24.5. The summed E-state index contributed by atoms with van der Waals surface area (Å²) in [6.07, 6.45) is -1.05.